The van der Waals surface area contributed by atoms with Gasteiger partial charge in [0.1, 0.15) is 5.75 Å². The van der Waals surface area contributed by atoms with Gasteiger partial charge in [0, 0.05) is 20.2 Å². The molecule has 0 aromatic heterocycles. The van der Waals surface area contributed by atoms with Gasteiger partial charge in [-0.1, -0.05) is 18.2 Å². The van der Waals surface area contributed by atoms with Gasteiger partial charge in [-0.3, -0.25) is 4.79 Å². The van der Waals surface area contributed by atoms with E-state index >= 15 is 0 Å². The summed E-state index contributed by atoms with van der Waals surface area (Å²) in [5.74, 6) is 1.89. The summed E-state index contributed by atoms with van der Waals surface area (Å²) >= 11 is 0. The minimum absolute atomic E-state index is 0. The molecule has 1 aromatic rings. The molecule has 2 heterocycles. The van der Waals surface area contributed by atoms with E-state index in [0.717, 1.165) is 64.0 Å². The number of hydrogen-bond acceptors (Lipinski definition) is 4. The highest BCUT2D eigenvalue weighted by atomic mass is 35.5. The van der Waals surface area contributed by atoms with Gasteiger partial charge in [0.15, 0.2) is 0 Å². The average molecular weight is 397 g/mol. The number of nitrogens with one attached hydrogen (secondary N) is 1. The molecule has 0 atom stereocenters. The van der Waals surface area contributed by atoms with Crippen molar-refractivity contribution in [2.24, 2.45) is 11.3 Å². The molecule has 0 spiro atoms. The van der Waals surface area contributed by atoms with Gasteiger partial charge in [-0.05, 0) is 62.7 Å². The molecule has 1 amide bonds. The molecule has 27 heavy (non-hydrogen) atoms. The highest BCUT2D eigenvalue weighted by Gasteiger charge is 2.42. The van der Waals surface area contributed by atoms with E-state index in [1.54, 1.807) is 14.2 Å². The lowest BCUT2D eigenvalue weighted by Gasteiger charge is -2.42. The highest BCUT2D eigenvalue weighted by molar-refractivity contribution is 5.85. The minimum Gasteiger partial charge on any atom is -0.496 e. The Morgan fingerprint density at radius 1 is 1.19 bits per heavy atom. The second-order valence-electron chi connectivity index (χ2n) is 7.71. The van der Waals surface area contributed by atoms with Gasteiger partial charge >= 0.3 is 0 Å². The fourth-order valence-corrected chi connectivity index (χ4v) is 4.46. The van der Waals surface area contributed by atoms with Crippen molar-refractivity contribution in [1.82, 2.24) is 10.2 Å². The molecule has 5 nitrogen and oxygen atoms in total. The fourth-order valence-electron chi connectivity index (χ4n) is 4.46. The van der Waals surface area contributed by atoms with Gasteiger partial charge in [-0.25, -0.2) is 0 Å². The minimum atomic E-state index is -0.324. The SMILES string of the molecule is COCC1(C(=O)N2CCC(Cc3ccccc3OC)CC2)CCNCC1.Cl. The summed E-state index contributed by atoms with van der Waals surface area (Å²) in [6, 6.07) is 8.26. The normalized spacial score (nSPS) is 20.0. The molecule has 0 aliphatic carbocycles. The molecular formula is C21H33ClN2O3. The predicted molar refractivity (Wildman–Crippen MR) is 110 cm³/mol. The number of carbonyl (C=O) groups is 1. The number of piperidine rings is 2. The Bertz CT molecular complexity index is 591. The van der Waals surface area contributed by atoms with Gasteiger partial charge in [0.25, 0.3) is 0 Å². The van der Waals surface area contributed by atoms with Crippen LogP contribution in [-0.2, 0) is 16.0 Å². The van der Waals surface area contributed by atoms with Crippen molar-refractivity contribution in [2.75, 3.05) is 47.0 Å². The number of benzene rings is 1. The summed E-state index contributed by atoms with van der Waals surface area (Å²) < 4.78 is 10.9. The lowest BCUT2D eigenvalue weighted by molar-refractivity contribution is -0.149. The van der Waals surface area contributed by atoms with Crippen LogP contribution in [0.25, 0.3) is 0 Å². The van der Waals surface area contributed by atoms with Crippen molar-refractivity contribution in [2.45, 2.75) is 32.1 Å². The van der Waals surface area contributed by atoms with Crippen LogP contribution >= 0.6 is 12.4 Å². The van der Waals surface area contributed by atoms with E-state index < -0.39 is 0 Å². The number of nitrogens with zero attached hydrogens (tertiary/aromatic N) is 1. The molecule has 2 fully saturated rings. The molecular weight excluding hydrogens is 364 g/mol. The average Bonchev–Trinajstić information content (AvgIpc) is 2.69. The number of ether oxygens (including phenoxy) is 2. The third-order valence-electron chi connectivity index (χ3n) is 6.04. The molecule has 0 bridgehead atoms. The summed E-state index contributed by atoms with van der Waals surface area (Å²) in [6.45, 7) is 4.06. The fraction of sp³-hybridized carbons (Fsp3) is 0.667. The molecule has 0 radical (unpaired) electrons. The van der Waals surface area contributed by atoms with E-state index in [1.807, 2.05) is 12.1 Å². The Hall–Kier alpha value is -1.30. The monoisotopic (exact) mass is 396 g/mol. The summed E-state index contributed by atoms with van der Waals surface area (Å²) in [5, 5.41) is 3.36. The van der Waals surface area contributed by atoms with Crippen molar-refractivity contribution in [3.8, 4) is 5.75 Å². The Balaban J connectivity index is 0.00000261. The zero-order valence-electron chi connectivity index (χ0n) is 16.5. The first kappa shape index (κ1) is 22.0. The van der Waals surface area contributed by atoms with Crippen molar-refractivity contribution in [3.05, 3.63) is 29.8 Å². The molecule has 6 heteroatoms. The van der Waals surface area contributed by atoms with Crippen LogP contribution in [0.15, 0.2) is 24.3 Å². The molecule has 2 saturated heterocycles. The second-order valence-corrected chi connectivity index (χ2v) is 7.71. The van der Waals surface area contributed by atoms with Crippen LogP contribution in [-0.4, -0.2) is 57.8 Å². The molecule has 1 N–H and O–H groups in total. The molecule has 3 rings (SSSR count). The van der Waals surface area contributed by atoms with E-state index in [1.165, 1.54) is 5.56 Å². The predicted octanol–water partition coefficient (Wildman–Crippen LogP) is 2.91. The molecule has 2 aliphatic heterocycles. The molecule has 0 saturated carbocycles. The van der Waals surface area contributed by atoms with Crippen LogP contribution in [0.4, 0.5) is 0 Å². The van der Waals surface area contributed by atoms with Crippen LogP contribution in [0.5, 0.6) is 5.75 Å². The highest BCUT2D eigenvalue weighted by Crippen LogP contribution is 2.34. The molecule has 2 aliphatic rings. The number of likely N-dealkylation sites (tertiary alicyclic amines) is 1. The number of carbonyl (C=O) groups excluding carboxylic acids is 1. The van der Waals surface area contributed by atoms with E-state index in [-0.39, 0.29) is 17.8 Å². The smallest absolute Gasteiger partial charge is 0.231 e. The largest absolute Gasteiger partial charge is 0.496 e. The first-order valence-electron chi connectivity index (χ1n) is 9.79. The Morgan fingerprint density at radius 3 is 2.48 bits per heavy atom. The molecule has 1 aromatic carbocycles. The van der Waals surface area contributed by atoms with Crippen molar-refractivity contribution in [3.63, 3.8) is 0 Å². The lowest BCUT2D eigenvalue weighted by Crippen LogP contribution is -2.53. The first-order chi connectivity index (χ1) is 12.7. The third kappa shape index (κ3) is 5.15. The topological polar surface area (TPSA) is 50.8 Å². The maximum atomic E-state index is 13.2. The van der Waals surface area contributed by atoms with E-state index in [0.29, 0.717) is 18.4 Å². The van der Waals surface area contributed by atoms with Gasteiger partial charge in [-0.15, -0.1) is 12.4 Å². The van der Waals surface area contributed by atoms with Crippen molar-refractivity contribution in [1.29, 1.82) is 0 Å². The number of methoxy groups -OCH3 is 2. The van der Waals surface area contributed by atoms with Crippen LogP contribution < -0.4 is 10.1 Å². The van der Waals surface area contributed by atoms with Crippen LogP contribution in [0.2, 0.25) is 0 Å². The van der Waals surface area contributed by atoms with Crippen LogP contribution in [0.3, 0.4) is 0 Å². The zero-order valence-corrected chi connectivity index (χ0v) is 17.4. The lowest BCUT2D eigenvalue weighted by atomic mass is 9.77. The van der Waals surface area contributed by atoms with E-state index in [4.69, 9.17) is 9.47 Å². The maximum absolute atomic E-state index is 13.2. The van der Waals surface area contributed by atoms with E-state index in [9.17, 15) is 4.79 Å². The summed E-state index contributed by atoms with van der Waals surface area (Å²) in [6.07, 6.45) is 4.90. The maximum Gasteiger partial charge on any atom is 0.231 e. The number of amides is 1. The summed E-state index contributed by atoms with van der Waals surface area (Å²) in [7, 11) is 3.44. The van der Waals surface area contributed by atoms with Gasteiger partial charge in [-0.2, -0.15) is 0 Å². The van der Waals surface area contributed by atoms with Crippen LogP contribution in [0.1, 0.15) is 31.2 Å². The second kappa shape index (κ2) is 10.3. The van der Waals surface area contributed by atoms with E-state index in [2.05, 4.69) is 22.3 Å². The number of para-hydroxylation sites is 1. The van der Waals surface area contributed by atoms with Gasteiger partial charge < -0.3 is 19.7 Å². The number of halogens is 1. The van der Waals surface area contributed by atoms with Crippen molar-refractivity contribution < 1.29 is 14.3 Å². The van der Waals surface area contributed by atoms with Gasteiger partial charge in [0.2, 0.25) is 5.91 Å². The number of hydrogen-bond donors (Lipinski definition) is 1. The van der Waals surface area contributed by atoms with Crippen molar-refractivity contribution >= 4 is 18.3 Å². The quantitative estimate of drug-likeness (QED) is 0.803. The Morgan fingerprint density at radius 2 is 1.85 bits per heavy atom. The Labute approximate surface area is 169 Å². The summed E-state index contributed by atoms with van der Waals surface area (Å²) in [5.41, 5.74) is 0.948. The van der Waals surface area contributed by atoms with Gasteiger partial charge in [0.05, 0.1) is 19.1 Å². The van der Waals surface area contributed by atoms with Crippen LogP contribution in [0, 0.1) is 11.3 Å². The number of rotatable bonds is 6. The Kier molecular flexibility index (Phi) is 8.39. The first-order valence-corrected chi connectivity index (χ1v) is 9.79. The molecule has 152 valence electrons. The standard InChI is InChI=1S/C21H32N2O3.ClH/c1-25-16-21(9-11-22-12-10-21)20(24)23-13-7-17(8-14-23)15-18-5-3-4-6-19(18)26-2;/h3-6,17,22H,7-16H2,1-2H3;1H. The molecule has 0 unspecified atom stereocenters. The third-order valence-corrected chi connectivity index (χ3v) is 6.04. The summed E-state index contributed by atoms with van der Waals surface area (Å²) in [4.78, 5) is 15.3. The zero-order chi connectivity index (χ0) is 18.4.